The van der Waals surface area contributed by atoms with Gasteiger partial charge in [-0.25, -0.2) is 14.6 Å². The van der Waals surface area contributed by atoms with Crippen molar-refractivity contribution in [1.29, 1.82) is 0 Å². The predicted molar refractivity (Wildman–Crippen MR) is 100 cm³/mol. The third kappa shape index (κ3) is 2.98. The van der Waals surface area contributed by atoms with E-state index in [2.05, 4.69) is 15.0 Å². The molecule has 0 radical (unpaired) electrons. The quantitative estimate of drug-likeness (QED) is 0.547. The van der Waals surface area contributed by atoms with Gasteiger partial charge in [-0.05, 0) is 31.2 Å². The summed E-state index contributed by atoms with van der Waals surface area (Å²) in [5.41, 5.74) is -1.44. The number of aromatic amines is 1. The van der Waals surface area contributed by atoms with Crippen molar-refractivity contribution in [3.8, 4) is 17.0 Å². The Labute approximate surface area is 156 Å². The van der Waals surface area contributed by atoms with E-state index in [-0.39, 0.29) is 40.3 Å². The van der Waals surface area contributed by atoms with E-state index in [1.807, 2.05) is 0 Å². The number of H-pyrrole nitrogens is 1. The van der Waals surface area contributed by atoms with Crippen LogP contribution in [0.4, 0.5) is 0 Å². The van der Waals surface area contributed by atoms with Gasteiger partial charge in [0.1, 0.15) is 17.1 Å². The molecule has 0 aromatic carbocycles. The highest BCUT2D eigenvalue weighted by Gasteiger charge is 2.17. The maximum absolute atomic E-state index is 12.4. The minimum Gasteiger partial charge on any atom is -0.507 e. The van der Waals surface area contributed by atoms with Crippen LogP contribution in [0.3, 0.4) is 0 Å². The highest BCUT2D eigenvalue weighted by Crippen LogP contribution is 2.25. The minimum absolute atomic E-state index is 0.0660. The summed E-state index contributed by atoms with van der Waals surface area (Å²) in [6, 6.07) is 9.38. The molecule has 0 atom stereocenters. The lowest BCUT2D eigenvalue weighted by Gasteiger charge is -2.10. The lowest BCUT2D eigenvalue weighted by atomic mass is 10.1. The molecule has 2 N–H and O–H groups in total. The first-order chi connectivity index (χ1) is 13.4. The number of pyridine rings is 2. The van der Waals surface area contributed by atoms with Crippen LogP contribution in [0.15, 0.2) is 61.4 Å². The molecule has 0 fully saturated rings. The maximum Gasteiger partial charge on any atom is 0.349 e. The maximum atomic E-state index is 12.4. The number of rotatable bonds is 3. The van der Waals surface area contributed by atoms with Gasteiger partial charge in [0.05, 0.1) is 23.3 Å². The van der Waals surface area contributed by atoms with Gasteiger partial charge in [0.25, 0.3) is 5.56 Å². The SMILES string of the molecule is Cc1cc(O)c(-c2ccc3c(=O)[nH]c(=O)n(Cc4ccccn4)c3n2)c(=O)o1. The molecule has 28 heavy (non-hydrogen) atoms. The van der Waals surface area contributed by atoms with Gasteiger partial charge in [-0.3, -0.25) is 19.3 Å². The third-order valence-corrected chi connectivity index (χ3v) is 4.20. The fourth-order valence-electron chi connectivity index (χ4n) is 2.93. The molecular weight excluding hydrogens is 364 g/mol. The summed E-state index contributed by atoms with van der Waals surface area (Å²) in [5, 5.41) is 10.3. The zero-order chi connectivity index (χ0) is 19.8. The summed E-state index contributed by atoms with van der Waals surface area (Å²) in [7, 11) is 0. The zero-order valence-electron chi connectivity index (χ0n) is 14.7. The molecule has 0 spiro atoms. The van der Waals surface area contributed by atoms with Crippen LogP contribution in [0, 0.1) is 6.92 Å². The van der Waals surface area contributed by atoms with Crippen LogP contribution in [-0.2, 0) is 6.54 Å². The largest absolute Gasteiger partial charge is 0.507 e. The average molecular weight is 378 g/mol. The van der Waals surface area contributed by atoms with E-state index in [4.69, 9.17) is 4.42 Å². The first kappa shape index (κ1) is 17.4. The Morgan fingerprint density at radius 1 is 1.18 bits per heavy atom. The Bertz CT molecular complexity index is 1370. The zero-order valence-corrected chi connectivity index (χ0v) is 14.7. The van der Waals surface area contributed by atoms with Crippen LogP contribution in [0.5, 0.6) is 5.75 Å². The summed E-state index contributed by atoms with van der Waals surface area (Å²) < 4.78 is 6.27. The lowest BCUT2D eigenvalue weighted by Crippen LogP contribution is -2.31. The molecule has 0 unspecified atom stereocenters. The van der Waals surface area contributed by atoms with Crippen molar-refractivity contribution in [2.75, 3.05) is 0 Å². The molecule has 0 saturated carbocycles. The van der Waals surface area contributed by atoms with Crippen molar-refractivity contribution in [2.45, 2.75) is 13.5 Å². The molecule has 140 valence electrons. The minimum atomic E-state index is -0.771. The number of aryl methyl sites for hydroxylation is 1. The van der Waals surface area contributed by atoms with Gasteiger partial charge in [-0.1, -0.05) is 6.07 Å². The number of hydrogen-bond donors (Lipinski definition) is 2. The van der Waals surface area contributed by atoms with Crippen LogP contribution < -0.4 is 16.9 Å². The van der Waals surface area contributed by atoms with Gasteiger partial charge in [0.15, 0.2) is 5.65 Å². The lowest BCUT2D eigenvalue weighted by molar-refractivity contribution is 0.438. The van der Waals surface area contributed by atoms with Crippen molar-refractivity contribution in [3.05, 3.63) is 85.3 Å². The van der Waals surface area contributed by atoms with Crippen LogP contribution in [0.1, 0.15) is 11.5 Å². The Kier molecular flexibility index (Phi) is 4.11. The van der Waals surface area contributed by atoms with Gasteiger partial charge in [-0.2, -0.15) is 0 Å². The summed E-state index contributed by atoms with van der Waals surface area (Å²) in [4.78, 5) is 47.5. The molecule has 0 aliphatic carbocycles. The van der Waals surface area contributed by atoms with E-state index in [0.717, 1.165) is 0 Å². The molecule has 4 rings (SSSR count). The molecule has 9 heteroatoms. The summed E-state index contributed by atoms with van der Waals surface area (Å²) in [6.45, 7) is 1.60. The molecule has 0 bridgehead atoms. The Morgan fingerprint density at radius 2 is 2.00 bits per heavy atom. The van der Waals surface area contributed by atoms with Crippen molar-refractivity contribution in [1.82, 2.24) is 19.5 Å². The van der Waals surface area contributed by atoms with Gasteiger partial charge >= 0.3 is 11.3 Å². The molecular formula is C19H14N4O5. The summed E-state index contributed by atoms with van der Waals surface area (Å²) in [6.07, 6.45) is 1.59. The second-order valence-electron chi connectivity index (χ2n) is 6.14. The van der Waals surface area contributed by atoms with Crippen molar-refractivity contribution >= 4 is 11.0 Å². The smallest absolute Gasteiger partial charge is 0.349 e. The normalized spacial score (nSPS) is 11.0. The van der Waals surface area contributed by atoms with E-state index >= 15 is 0 Å². The summed E-state index contributed by atoms with van der Waals surface area (Å²) in [5.74, 6) is -0.0559. The van der Waals surface area contributed by atoms with Crippen LogP contribution >= 0.6 is 0 Å². The van der Waals surface area contributed by atoms with Gasteiger partial charge < -0.3 is 9.52 Å². The molecule has 4 aromatic rings. The van der Waals surface area contributed by atoms with Gasteiger partial charge in [0.2, 0.25) is 0 Å². The van der Waals surface area contributed by atoms with E-state index in [1.165, 1.54) is 29.7 Å². The van der Waals surface area contributed by atoms with Crippen LogP contribution in [0.2, 0.25) is 0 Å². The second kappa shape index (κ2) is 6.62. The number of nitrogens with zero attached hydrogens (tertiary/aromatic N) is 3. The molecule has 0 amide bonds. The number of fused-ring (bicyclic) bond motifs is 1. The highest BCUT2D eigenvalue weighted by molar-refractivity contribution is 5.78. The van der Waals surface area contributed by atoms with Crippen LogP contribution in [-0.4, -0.2) is 24.6 Å². The van der Waals surface area contributed by atoms with Crippen molar-refractivity contribution in [2.24, 2.45) is 0 Å². The number of hydrogen-bond acceptors (Lipinski definition) is 7. The summed E-state index contributed by atoms with van der Waals surface area (Å²) >= 11 is 0. The van der Waals surface area contributed by atoms with E-state index < -0.39 is 16.9 Å². The van der Waals surface area contributed by atoms with Crippen molar-refractivity contribution < 1.29 is 9.52 Å². The highest BCUT2D eigenvalue weighted by atomic mass is 16.4. The first-order valence-corrected chi connectivity index (χ1v) is 8.32. The first-order valence-electron chi connectivity index (χ1n) is 8.32. The molecule has 4 aromatic heterocycles. The van der Waals surface area contributed by atoms with Crippen molar-refractivity contribution in [3.63, 3.8) is 0 Å². The standard InChI is InChI=1S/C19H14N4O5/c1-10-8-14(24)15(18(26)28-10)13-6-5-12-16(21-13)23(19(27)22-17(12)25)9-11-4-2-3-7-20-11/h2-8,24H,9H2,1H3,(H,22,25,27). The molecule has 0 aliphatic heterocycles. The van der Waals surface area contributed by atoms with Crippen LogP contribution in [0.25, 0.3) is 22.3 Å². The number of nitrogens with one attached hydrogen (secondary N) is 1. The Hall–Kier alpha value is -4.01. The average Bonchev–Trinajstić information content (AvgIpc) is 2.65. The molecule has 4 heterocycles. The third-order valence-electron chi connectivity index (χ3n) is 4.20. The fraction of sp³-hybridized carbons (Fsp3) is 0.105. The number of aromatic hydroxyl groups is 1. The van der Waals surface area contributed by atoms with E-state index in [1.54, 1.807) is 24.4 Å². The van der Waals surface area contributed by atoms with Gasteiger partial charge in [-0.15, -0.1) is 0 Å². The molecule has 0 saturated heterocycles. The Morgan fingerprint density at radius 3 is 2.71 bits per heavy atom. The Balaban J connectivity index is 1.99. The molecule has 9 nitrogen and oxygen atoms in total. The van der Waals surface area contributed by atoms with E-state index in [9.17, 15) is 19.5 Å². The van der Waals surface area contributed by atoms with E-state index in [0.29, 0.717) is 5.69 Å². The topological polar surface area (TPSA) is 131 Å². The predicted octanol–water partition coefficient (Wildman–Crippen LogP) is 1.16. The fourth-order valence-corrected chi connectivity index (χ4v) is 2.93. The number of aromatic nitrogens is 4. The second-order valence-corrected chi connectivity index (χ2v) is 6.14. The van der Waals surface area contributed by atoms with Gasteiger partial charge in [0, 0.05) is 12.3 Å². The monoisotopic (exact) mass is 378 g/mol. The molecule has 0 aliphatic rings.